The molecule has 136 valence electrons. The number of ether oxygens (including phenoxy) is 3. The Kier molecular flexibility index (Phi) is 8.29. The molecule has 6 nitrogen and oxygen atoms in total. The van der Waals surface area contributed by atoms with Gasteiger partial charge >= 0.3 is 6.09 Å². The van der Waals surface area contributed by atoms with Crippen molar-refractivity contribution in [3.8, 4) is 0 Å². The van der Waals surface area contributed by atoms with E-state index in [1.54, 1.807) is 14.2 Å². The van der Waals surface area contributed by atoms with Crippen LogP contribution in [0.1, 0.15) is 52.9 Å². The summed E-state index contributed by atoms with van der Waals surface area (Å²) in [7, 11) is 3.50. The Balaban J connectivity index is 2.21. The van der Waals surface area contributed by atoms with Crippen molar-refractivity contribution in [2.45, 2.75) is 70.1 Å². The highest BCUT2D eigenvalue weighted by molar-refractivity contribution is 5.67. The zero-order chi connectivity index (χ0) is 17.3. The summed E-state index contributed by atoms with van der Waals surface area (Å²) in [6, 6.07) is 0.271. The molecule has 1 saturated carbocycles. The maximum absolute atomic E-state index is 11.6. The van der Waals surface area contributed by atoms with Gasteiger partial charge in [0.05, 0.1) is 12.2 Å². The van der Waals surface area contributed by atoms with Gasteiger partial charge in [-0.15, -0.1) is 0 Å². The van der Waals surface area contributed by atoms with Crippen molar-refractivity contribution in [2.75, 3.05) is 33.9 Å². The van der Waals surface area contributed by atoms with Crippen molar-refractivity contribution in [1.29, 1.82) is 0 Å². The summed E-state index contributed by atoms with van der Waals surface area (Å²) in [5.74, 6) is 0. The minimum Gasteiger partial charge on any atom is -0.444 e. The summed E-state index contributed by atoms with van der Waals surface area (Å²) in [6.07, 6.45) is 4.93. The van der Waals surface area contributed by atoms with E-state index in [0.717, 1.165) is 32.2 Å². The third kappa shape index (κ3) is 7.99. The first-order chi connectivity index (χ1) is 10.8. The molecule has 0 aromatic carbocycles. The lowest BCUT2D eigenvalue weighted by Crippen LogP contribution is -2.51. The first-order valence-corrected chi connectivity index (χ1v) is 8.54. The maximum Gasteiger partial charge on any atom is 0.407 e. The zero-order valence-electron chi connectivity index (χ0n) is 15.4. The standard InChI is InChI=1S/C17H34N2O4/c1-16(2,3)23-15(20)18-11-6-8-14(12-21-4)19-13-17(22-5)9-7-10-17/h14,19H,6-13H2,1-5H3,(H,18,20). The molecule has 6 heteroatoms. The molecule has 0 bridgehead atoms. The average molecular weight is 330 g/mol. The van der Waals surface area contributed by atoms with Gasteiger partial charge in [0.25, 0.3) is 0 Å². The van der Waals surface area contributed by atoms with E-state index in [-0.39, 0.29) is 17.7 Å². The van der Waals surface area contributed by atoms with E-state index >= 15 is 0 Å². The van der Waals surface area contributed by atoms with Crippen LogP contribution >= 0.6 is 0 Å². The molecule has 1 unspecified atom stereocenters. The zero-order valence-corrected chi connectivity index (χ0v) is 15.4. The van der Waals surface area contributed by atoms with E-state index in [1.807, 2.05) is 20.8 Å². The second kappa shape index (κ2) is 9.45. The van der Waals surface area contributed by atoms with Crippen LogP contribution in [0.15, 0.2) is 0 Å². The second-order valence-corrected chi connectivity index (χ2v) is 7.34. The Morgan fingerprint density at radius 2 is 1.96 bits per heavy atom. The van der Waals surface area contributed by atoms with Crippen molar-refractivity contribution >= 4 is 6.09 Å². The van der Waals surface area contributed by atoms with E-state index in [4.69, 9.17) is 14.2 Å². The van der Waals surface area contributed by atoms with E-state index in [9.17, 15) is 4.79 Å². The van der Waals surface area contributed by atoms with Crippen molar-refractivity contribution in [2.24, 2.45) is 0 Å². The van der Waals surface area contributed by atoms with Crippen LogP contribution in [0, 0.1) is 0 Å². The molecular weight excluding hydrogens is 296 g/mol. The third-order valence-corrected chi connectivity index (χ3v) is 4.18. The molecule has 1 aliphatic rings. The Hall–Kier alpha value is -0.850. The van der Waals surface area contributed by atoms with Gasteiger partial charge in [0.15, 0.2) is 0 Å². The molecule has 1 atom stereocenters. The smallest absolute Gasteiger partial charge is 0.407 e. The van der Waals surface area contributed by atoms with Crippen LogP contribution in [0.5, 0.6) is 0 Å². The normalized spacial score (nSPS) is 18.1. The molecule has 0 saturated heterocycles. The molecule has 2 N–H and O–H groups in total. The number of amides is 1. The van der Waals surface area contributed by atoms with Gasteiger partial charge < -0.3 is 24.8 Å². The third-order valence-electron chi connectivity index (χ3n) is 4.18. The summed E-state index contributed by atoms with van der Waals surface area (Å²) in [4.78, 5) is 11.6. The highest BCUT2D eigenvalue weighted by Crippen LogP contribution is 2.34. The lowest BCUT2D eigenvalue weighted by molar-refractivity contribution is -0.0720. The lowest BCUT2D eigenvalue weighted by Gasteiger charge is -2.41. The van der Waals surface area contributed by atoms with Crippen LogP contribution < -0.4 is 10.6 Å². The highest BCUT2D eigenvalue weighted by Gasteiger charge is 2.37. The number of hydrogen-bond acceptors (Lipinski definition) is 5. The Morgan fingerprint density at radius 3 is 2.43 bits per heavy atom. The minimum atomic E-state index is -0.457. The van der Waals surface area contributed by atoms with Gasteiger partial charge in [0.2, 0.25) is 0 Å². The molecule has 23 heavy (non-hydrogen) atoms. The fraction of sp³-hybridized carbons (Fsp3) is 0.941. The van der Waals surface area contributed by atoms with Crippen LogP contribution in [-0.4, -0.2) is 57.3 Å². The summed E-state index contributed by atoms with van der Waals surface area (Å²) in [6.45, 7) is 7.70. The molecule has 1 amide bonds. The van der Waals surface area contributed by atoms with Crippen molar-refractivity contribution in [3.05, 3.63) is 0 Å². The average Bonchev–Trinajstić information content (AvgIpc) is 2.40. The molecule has 0 spiro atoms. The second-order valence-electron chi connectivity index (χ2n) is 7.34. The minimum absolute atomic E-state index is 0.0146. The van der Waals surface area contributed by atoms with Crippen LogP contribution in [0.25, 0.3) is 0 Å². The van der Waals surface area contributed by atoms with Crippen molar-refractivity contribution in [1.82, 2.24) is 10.6 Å². The fourth-order valence-corrected chi connectivity index (χ4v) is 2.65. The molecule has 1 fully saturated rings. The first kappa shape index (κ1) is 20.2. The number of carbonyl (C=O) groups excluding carboxylic acids is 1. The molecule has 0 aliphatic heterocycles. The number of hydrogen-bond donors (Lipinski definition) is 2. The number of alkyl carbamates (subject to hydrolysis) is 1. The van der Waals surface area contributed by atoms with Crippen LogP contribution in [0.2, 0.25) is 0 Å². The summed E-state index contributed by atoms with van der Waals surface area (Å²) in [5.41, 5.74) is -0.442. The molecule has 1 aliphatic carbocycles. The number of nitrogens with one attached hydrogen (secondary N) is 2. The van der Waals surface area contributed by atoms with Gasteiger partial charge in [-0.05, 0) is 52.9 Å². The maximum atomic E-state index is 11.6. The van der Waals surface area contributed by atoms with Gasteiger partial charge in [0, 0.05) is 33.4 Å². The van der Waals surface area contributed by atoms with Gasteiger partial charge in [-0.25, -0.2) is 4.79 Å². The summed E-state index contributed by atoms with van der Waals surface area (Å²) >= 11 is 0. The molecule has 0 aromatic rings. The van der Waals surface area contributed by atoms with E-state index in [0.29, 0.717) is 13.2 Å². The highest BCUT2D eigenvalue weighted by atomic mass is 16.6. The molecule has 0 heterocycles. The summed E-state index contributed by atoms with van der Waals surface area (Å²) < 4.78 is 16.1. The van der Waals surface area contributed by atoms with Crippen LogP contribution in [0.3, 0.4) is 0 Å². The van der Waals surface area contributed by atoms with Gasteiger partial charge in [-0.3, -0.25) is 0 Å². The molecule has 1 rings (SSSR count). The van der Waals surface area contributed by atoms with Crippen LogP contribution in [-0.2, 0) is 14.2 Å². The predicted octanol–water partition coefficient (Wildman–Crippen LogP) is 2.46. The van der Waals surface area contributed by atoms with E-state index in [1.165, 1.54) is 6.42 Å². The summed E-state index contributed by atoms with van der Waals surface area (Å²) in [5, 5.41) is 6.33. The van der Waals surface area contributed by atoms with Gasteiger partial charge in [-0.1, -0.05) is 0 Å². The number of methoxy groups -OCH3 is 2. The Morgan fingerprint density at radius 1 is 1.26 bits per heavy atom. The van der Waals surface area contributed by atoms with Crippen molar-refractivity contribution in [3.63, 3.8) is 0 Å². The number of carbonyl (C=O) groups is 1. The molecule has 0 aromatic heterocycles. The van der Waals surface area contributed by atoms with Crippen LogP contribution in [0.4, 0.5) is 4.79 Å². The number of rotatable bonds is 10. The monoisotopic (exact) mass is 330 g/mol. The van der Waals surface area contributed by atoms with Crippen molar-refractivity contribution < 1.29 is 19.0 Å². The fourth-order valence-electron chi connectivity index (χ4n) is 2.65. The molecule has 0 radical (unpaired) electrons. The lowest BCUT2D eigenvalue weighted by atomic mass is 9.80. The van der Waals surface area contributed by atoms with Gasteiger partial charge in [-0.2, -0.15) is 0 Å². The topological polar surface area (TPSA) is 68.8 Å². The van der Waals surface area contributed by atoms with E-state index < -0.39 is 5.60 Å². The first-order valence-electron chi connectivity index (χ1n) is 8.54. The quantitative estimate of drug-likeness (QED) is 0.602. The van der Waals surface area contributed by atoms with Gasteiger partial charge in [0.1, 0.15) is 5.60 Å². The van der Waals surface area contributed by atoms with E-state index in [2.05, 4.69) is 10.6 Å². The Bertz CT molecular complexity index is 345. The predicted molar refractivity (Wildman–Crippen MR) is 90.7 cm³/mol. The molecular formula is C17H34N2O4. The Labute approximate surface area is 140 Å². The SMILES string of the molecule is COCC(CCCNC(=O)OC(C)(C)C)NCC1(OC)CCC1. The largest absolute Gasteiger partial charge is 0.444 e.